The molecule has 0 saturated carbocycles. The van der Waals surface area contributed by atoms with Gasteiger partial charge in [0.05, 0.1) is 6.10 Å². The molecule has 3 nitrogen and oxygen atoms in total. The Bertz CT molecular complexity index is 219. The first kappa shape index (κ1) is 8.27. The normalized spacial score (nSPS) is 37.0. The number of aliphatic carboxylic acids is 1. The van der Waals surface area contributed by atoms with Crippen LogP contribution in [0.2, 0.25) is 0 Å². The third kappa shape index (κ3) is 1.28. The molecule has 1 heterocycles. The molecule has 0 aromatic rings. The highest BCUT2D eigenvalue weighted by atomic mass is 16.5. The first-order chi connectivity index (χ1) is 4.96. The SMILES string of the molecule is CC1=CC(C)(C(=O)O)OC1C. The summed E-state index contributed by atoms with van der Waals surface area (Å²) >= 11 is 0. The van der Waals surface area contributed by atoms with E-state index in [0.29, 0.717) is 0 Å². The topological polar surface area (TPSA) is 46.5 Å². The summed E-state index contributed by atoms with van der Waals surface area (Å²) < 4.78 is 5.23. The second-order valence-corrected chi connectivity index (χ2v) is 3.06. The lowest BCUT2D eigenvalue weighted by molar-refractivity contribution is -0.157. The van der Waals surface area contributed by atoms with Crippen molar-refractivity contribution in [3.63, 3.8) is 0 Å². The molecule has 0 bridgehead atoms. The van der Waals surface area contributed by atoms with Gasteiger partial charge in [0.2, 0.25) is 0 Å². The number of rotatable bonds is 1. The molecule has 0 fully saturated rings. The van der Waals surface area contributed by atoms with Gasteiger partial charge in [0.25, 0.3) is 0 Å². The molecule has 1 aliphatic heterocycles. The van der Waals surface area contributed by atoms with Crippen molar-refractivity contribution in [2.75, 3.05) is 0 Å². The maximum Gasteiger partial charge on any atom is 0.339 e. The van der Waals surface area contributed by atoms with E-state index in [0.717, 1.165) is 5.57 Å². The maximum absolute atomic E-state index is 10.6. The Balaban J connectivity index is 2.88. The summed E-state index contributed by atoms with van der Waals surface area (Å²) in [6, 6.07) is 0. The Kier molecular flexibility index (Phi) is 1.76. The van der Waals surface area contributed by atoms with Crippen molar-refractivity contribution < 1.29 is 14.6 Å². The van der Waals surface area contributed by atoms with E-state index in [-0.39, 0.29) is 6.10 Å². The Labute approximate surface area is 65.7 Å². The van der Waals surface area contributed by atoms with Crippen molar-refractivity contribution in [1.29, 1.82) is 0 Å². The van der Waals surface area contributed by atoms with Crippen molar-refractivity contribution >= 4 is 5.97 Å². The monoisotopic (exact) mass is 156 g/mol. The molecule has 3 heteroatoms. The van der Waals surface area contributed by atoms with E-state index in [2.05, 4.69) is 0 Å². The van der Waals surface area contributed by atoms with Crippen molar-refractivity contribution in [1.82, 2.24) is 0 Å². The van der Waals surface area contributed by atoms with Gasteiger partial charge >= 0.3 is 5.97 Å². The Morgan fingerprint density at radius 3 is 2.55 bits per heavy atom. The Hall–Kier alpha value is -0.830. The number of hydrogen-bond donors (Lipinski definition) is 1. The molecule has 1 aliphatic rings. The van der Waals surface area contributed by atoms with Crippen LogP contribution in [0.4, 0.5) is 0 Å². The summed E-state index contributed by atoms with van der Waals surface area (Å²) in [6.45, 7) is 5.28. The second-order valence-electron chi connectivity index (χ2n) is 3.06. The van der Waals surface area contributed by atoms with E-state index in [1.807, 2.05) is 13.8 Å². The van der Waals surface area contributed by atoms with Gasteiger partial charge in [-0.05, 0) is 32.4 Å². The van der Waals surface area contributed by atoms with E-state index >= 15 is 0 Å². The summed E-state index contributed by atoms with van der Waals surface area (Å²) in [5.74, 6) is -0.929. The molecule has 1 rings (SSSR count). The van der Waals surface area contributed by atoms with Crippen LogP contribution in [0.25, 0.3) is 0 Å². The van der Waals surface area contributed by atoms with Gasteiger partial charge in [0.1, 0.15) is 0 Å². The molecule has 2 atom stereocenters. The van der Waals surface area contributed by atoms with Crippen LogP contribution in [0, 0.1) is 0 Å². The highest BCUT2D eigenvalue weighted by molar-refractivity contribution is 5.80. The molecular formula is C8H12O3. The molecule has 0 aromatic heterocycles. The minimum Gasteiger partial charge on any atom is -0.479 e. The summed E-state index contributed by atoms with van der Waals surface area (Å²) in [5.41, 5.74) is -0.126. The van der Waals surface area contributed by atoms with Crippen LogP contribution >= 0.6 is 0 Å². The summed E-state index contributed by atoms with van der Waals surface area (Å²) in [5, 5.41) is 8.74. The van der Waals surface area contributed by atoms with Gasteiger partial charge in [0.15, 0.2) is 5.60 Å². The van der Waals surface area contributed by atoms with Crippen molar-refractivity contribution in [3.05, 3.63) is 11.6 Å². The molecule has 0 aliphatic carbocycles. The maximum atomic E-state index is 10.6. The first-order valence-corrected chi connectivity index (χ1v) is 3.56. The van der Waals surface area contributed by atoms with Gasteiger partial charge < -0.3 is 9.84 Å². The van der Waals surface area contributed by atoms with E-state index in [1.54, 1.807) is 13.0 Å². The van der Waals surface area contributed by atoms with Gasteiger partial charge in [-0.1, -0.05) is 0 Å². The number of ether oxygens (including phenoxy) is 1. The summed E-state index contributed by atoms with van der Waals surface area (Å²) in [7, 11) is 0. The third-order valence-electron chi connectivity index (χ3n) is 1.99. The van der Waals surface area contributed by atoms with Crippen molar-refractivity contribution in [2.45, 2.75) is 32.5 Å². The van der Waals surface area contributed by atoms with Gasteiger partial charge in [-0.2, -0.15) is 0 Å². The number of carboxylic acid groups (broad SMARTS) is 1. The smallest absolute Gasteiger partial charge is 0.339 e. The van der Waals surface area contributed by atoms with E-state index in [4.69, 9.17) is 9.84 Å². The predicted molar refractivity (Wildman–Crippen MR) is 40.3 cm³/mol. The molecule has 1 N–H and O–H groups in total. The van der Waals surface area contributed by atoms with Crippen LogP contribution < -0.4 is 0 Å². The molecule has 0 spiro atoms. The Morgan fingerprint density at radius 2 is 2.36 bits per heavy atom. The summed E-state index contributed by atoms with van der Waals surface area (Å²) in [4.78, 5) is 10.6. The van der Waals surface area contributed by atoms with Gasteiger partial charge in [0, 0.05) is 0 Å². The molecule has 62 valence electrons. The van der Waals surface area contributed by atoms with Crippen LogP contribution in [0.3, 0.4) is 0 Å². The van der Waals surface area contributed by atoms with E-state index in [1.165, 1.54) is 0 Å². The summed E-state index contributed by atoms with van der Waals surface area (Å²) in [6.07, 6.45) is 1.58. The number of hydrogen-bond acceptors (Lipinski definition) is 2. The van der Waals surface area contributed by atoms with Crippen LogP contribution in [0.1, 0.15) is 20.8 Å². The molecule has 0 saturated heterocycles. The lowest BCUT2D eigenvalue weighted by Crippen LogP contribution is -2.34. The van der Waals surface area contributed by atoms with E-state index in [9.17, 15) is 4.79 Å². The number of carboxylic acids is 1. The lowest BCUT2D eigenvalue weighted by Gasteiger charge is -2.17. The predicted octanol–water partition coefficient (Wildman–Crippen LogP) is 1.19. The largest absolute Gasteiger partial charge is 0.479 e. The van der Waals surface area contributed by atoms with Crippen LogP contribution in [0.15, 0.2) is 11.6 Å². The fourth-order valence-electron chi connectivity index (χ4n) is 1.16. The second kappa shape index (κ2) is 2.34. The highest BCUT2D eigenvalue weighted by Gasteiger charge is 2.38. The van der Waals surface area contributed by atoms with Crippen LogP contribution in [0.5, 0.6) is 0 Å². The van der Waals surface area contributed by atoms with Crippen LogP contribution in [-0.2, 0) is 9.53 Å². The number of carbonyl (C=O) groups is 1. The minimum absolute atomic E-state index is 0.0731. The average molecular weight is 156 g/mol. The third-order valence-corrected chi connectivity index (χ3v) is 1.99. The molecule has 0 amide bonds. The molecule has 11 heavy (non-hydrogen) atoms. The molecule has 0 radical (unpaired) electrons. The van der Waals surface area contributed by atoms with Crippen molar-refractivity contribution in [3.8, 4) is 0 Å². The standard InChI is InChI=1S/C8H12O3/c1-5-4-8(3,7(9)10)11-6(5)2/h4,6H,1-3H3,(H,9,10). The zero-order chi connectivity index (χ0) is 8.65. The molecule has 2 unspecified atom stereocenters. The highest BCUT2D eigenvalue weighted by Crippen LogP contribution is 2.28. The minimum atomic E-state index is -1.11. The van der Waals surface area contributed by atoms with Gasteiger partial charge in [-0.25, -0.2) is 4.79 Å². The fraction of sp³-hybridized carbons (Fsp3) is 0.625. The fourth-order valence-corrected chi connectivity index (χ4v) is 1.16. The zero-order valence-corrected chi connectivity index (χ0v) is 6.92. The van der Waals surface area contributed by atoms with Crippen LogP contribution in [-0.4, -0.2) is 22.8 Å². The van der Waals surface area contributed by atoms with Crippen molar-refractivity contribution in [2.24, 2.45) is 0 Å². The van der Waals surface area contributed by atoms with E-state index < -0.39 is 11.6 Å². The van der Waals surface area contributed by atoms with Gasteiger partial charge in [-0.3, -0.25) is 0 Å². The first-order valence-electron chi connectivity index (χ1n) is 3.56. The quantitative estimate of drug-likeness (QED) is 0.580. The average Bonchev–Trinajstić information content (AvgIpc) is 2.09. The zero-order valence-electron chi connectivity index (χ0n) is 6.92. The lowest BCUT2D eigenvalue weighted by atomic mass is 10.1. The molecular weight excluding hydrogens is 144 g/mol. The van der Waals surface area contributed by atoms with Gasteiger partial charge in [-0.15, -0.1) is 0 Å². The Morgan fingerprint density at radius 1 is 1.82 bits per heavy atom. The molecule has 0 aromatic carbocycles.